The molecule has 0 bridgehead atoms. The fourth-order valence-electron chi connectivity index (χ4n) is 0.733. The number of nitroso groups, excluding NO2 is 1. The summed E-state index contributed by atoms with van der Waals surface area (Å²) in [4.78, 5) is 23.3. The molecule has 0 aromatic rings. The molecule has 0 unspecified atom stereocenters. The Morgan fingerprint density at radius 1 is 1.15 bits per heavy atom. The molecule has 0 aromatic heterocycles. The van der Waals surface area contributed by atoms with Gasteiger partial charge in [0.25, 0.3) is 0 Å². The monoisotopic (exact) mass is 187 g/mol. The highest BCUT2D eigenvalue weighted by molar-refractivity contribution is 5.74. The van der Waals surface area contributed by atoms with Crippen molar-refractivity contribution in [3.8, 4) is 0 Å². The predicted molar refractivity (Wildman–Crippen MR) is 51.1 cm³/mol. The number of nitrogens with zero attached hydrogens (tertiary/aromatic N) is 3. The minimum absolute atomic E-state index is 0.0653. The molecule has 0 aromatic carbocycles. The van der Waals surface area contributed by atoms with Gasteiger partial charge in [-0.3, -0.25) is 0 Å². The van der Waals surface area contributed by atoms with Crippen LogP contribution >= 0.6 is 0 Å². The van der Waals surface area contributed by atoms with Crippen molar-refractivity contribution < 1.29 is 4.79 Å². The molecular formula is C8H17N3O2. The van der Waals surface area contributed by atoms with Gasteiger partial charge in [-0.2, -0.15) is 5.01 Å². The van der Waals surface area contributed by atoms with Crippen LogP contribution in [0, 0.1) is 4.91 Å². The Kier molecular flexibility index (Phi) is 4.37. The van der Waals surface area contributed by atoms with Gasteiger partial charge in [-0.1, -0.05) is 0 Å². The van der Waals surface area contributed by atoms with E-state index in [2.05, 4.69) is 5.29 Å². The van der Waals surface area contributed by atoms with Crippen LogP contribution in [0.3, 0.4) is 0 Å². The fourth-order valence-corrected chi connectivity index (χ4v) is 0.733. The van der Waals surface area contributed by atoms with Crippen LogP contribution in [0.4, 0.5) is 4.79 Å². The molecule has 5 heteroatoms. The van der Waals surface area contributed by atoms with Crippen molar-refractivity contribution in [2.75, 3.05) is 7.05 Å². The highest BCUT2D eigenvalue weighted by atomic mass is 16.3. The van der Waals surface area contributed by atoms with Gasteiger partial charge in [0.1, 0.15) is 0 Å². The highest BCUT2D eigenvalue weighted by Gasteiger charge is 2.22. The number of hydrogen-bond donors (Lipinski definition) is 0. The number of amides is 2. The van der Waals surface area contributed by atoms with E-state index in [4.69, 9.17) is 0 Å². The van der Waals surface area contributed by atoms with Gasteiger partial charge >= 0.3 is 6.03 Å². The van der Waals surface area contributed by atoms with E-state index >= 15 is 0 Å². The van der Waals surface area contributed by atoms with Gasteiger partial charge in [-0.15, -0.1) is 4.91 Å². The molecular weight excluding hydrogens is 170 g/mol. The quantitative estimate of drug-likeness (QED) is 0.500. The molecule has 0 saturated carbocycles. The molecule has 13 heavy (non-hydrogen) atoms. The molecule has 5 nitrogen and oxygen atoms in total. The number of hydrogen-bond acceptors (Lipinski definition) is 3. The molecule has 0 aliphatic heterocycles. The molecule has 0 radical (unpaired) electrons. The lowest BCUT2D eigenvalue weighted by atomic mass is 10.3. The first kappa shape index (κ1) is 11.9. The van der Waals surface area contributed by atoms with Crippen molar-refractivity contribution in [3.05, 3.63) is 4.91 Å². The van der Waals surface area contributed by atoms with Crippen LogP contribution in [0.5, 0.6) is 0 Å². The number of carbonyl (C=O) groups is 1. The summed E-state index contributed by atoms with van der Waals surface area (Å²) in [5, 5.41) is 3.61. The van der Waals surface area contributed by atoms with Gasteiger partial charge in [0.05, 0.1) is 11.3 Å². The van der Waals surface area contributed by atoms with Crippen LogP contribution in [0.2, 0.25) is 0 Å². The third-order valence-corrected chi connectivity index (χ3v) is 1.85. The van der Waals surface area contributed by atoms with E-state index in [0.717, 1.165) is 5.01 Å². The van der Waals surface area contributed by atoms with Crippen molar-refractivity contribution >= 4 is 6.03 Å². The topological polar surface area (TPSA) is 53.0 Å². The molecule has 0 aliphatic rings. The Bertz CT molecular complexity index is 192. The SMILES string of the molecule is CC(C)N(C)C(=O)N(N=O)C(C)C. The van der Waals surface area contributed by atoms with Crippen molar-refractivity contribution in [1.82, 2.24) is 9.91 Å². The molecule has 0 heterocycles. The smallest absolute Gasteiger partial charge is 0.324 e. The second kappa shape index (κ2) is 4.79. The summed E-state index contributed by atoms with van der Waals surface area (Å²) in [6.07, 6.45) is 0. The van der Waals surface area contributed by atoms with Crippen molar-refractivity contribution in [2.24, 2.45) is 5.29 Å². The van der Waals surface area contributed by atoms with E-state index < -0.39 is 0 Å². The number of carbonyl (C=O) groups excluding carboxylic acids is 1. The standard InChI is InChI=1S/C8H17N3O2/c1-6(2)10(5)8(12)11(9-13)7(3)4/h6-7H,1-5H3. The van der Waals surface area contributed by atoms with Crippen molar-refractivity contribution in [3.63, 3.8) is 0 Å². The minimum atomic E-state index is -0.361. The molecule has 0 spiro atoms. The van der Waals surface area contributed by atoms with Gasteiger partial charge in [0, 0.05) is 13.1 Å². The molecule has 0 atom stereocenters. The van der Waals surface area contributed by atoms with Crippen LogP contribution < -0.4 is 0 Å². The Morgan fingerprint density at radius 2 is 1.62 bits per heavy atom. The number of rotatable bonds is 3. The van der Waals surface area contributed by atoms with E-state index in [9.17, 15) is 9.70 Å². The minimum Gasteiger partial charge on any atom is -0.324 e. The van der Waals surface area contributed by atoms with E-state index in [1.54, 1.807) is 20.9 Å². The average molecular weight is 187 g/mol. The third kappa shape index (κ3) is 3.01. The summed E-state index contributed by atoms with van der Waals surface area (Å²) in [6.45, 7) is 7.24. The zero-order chi connectivity index (χ0) is 10.6. The van der Waals surface area contributed by atoms with Gasteiger partial charge in [0.15, 0.2) is 0 Å². The first-order valence-corrected chi connectivity index (χ1v) is 4.31. The van der Waals surface area contributed by atoms with E-state index in [-0.39, 0.29) is 18.1 Å². The van der Waals surface area contributed by atoms with Gasteiger partial charge in [-0.25, -0.2) is 4.79 Å². The van der Waals surface area contributed by atoms with E-state index in [0.29, 0.717) is 0 Å². The Labute approximate surface area is 78.6 Å². The summed E-state index contributed by atoms with van der Waals surface area (Å²) in [5.74, 6) is 0. The predicted octanol–water partition coefficient (Wildman–Crippen LogP) is 1.84. The van der Waals surface area contributed by atoms with E-state index in [1.807, 2.05) is 13.8 Å². The zero-order valence-corrected chi connectivity index (χ0v) is 8.81. The fraction of sp³-hybridized carbons (Fsp3) is 0.875. The van der Waals surface area contributed by atoms with Gasteiger partial charge in [-0.05, 0) is 27.7 Å². The second-order valence-electron chi connectivity index (χ2n) is 3.51. The third-order valence-electron chi connectivity index (χ3n) is 1.85. The largest absolute Gasteiger partial charge is 0.343 e. The maximum atomic E-state index is 11.5. The lowest BCUT2D eigenvalue weighted by Crippen LogP contribution is -2.44. The summed E-state index contributed by atoms with van der Waals surface area (Å²) in [6, 6.07) is -0.498. The highest BCUT2D eigenvalue weighted by Crippen LogP contribution is 2.06. The Balaban J connectivity index is 4.46. The Hall–Kier alpha value is -1.13. The maximum Gasteiger partial charge on any atom is 0.343 e. The molecule has 2 amide bonds. The van der Waals surface area contributed by atoms with Crippen LogP contribution in [-0.4, -0.2) is 35.1 Å². The summed E-state index contributed by atoms with van der Waals surface area (Å²) in [7, 11) is 1.65. The first-order valence-electron chi connectivity index (χ1n) is 4.31. The van der Waals surface area contributed by atoms with Crippen LogP contribution in [0.15, 0.2) is 5.29 Å². The lowest BCUT2D eigenvalue weighted by molar-refractivity contribution is 0.141. The first-order chi connectivity index (χ1) is 5.91. The second-order valence-corrected chi connectivity index (χ2v) is 3.51. The molecule has 0 saturated heterocycles. The molecule has 0 rings (SSSR count). The summed E-state index contributed by atoms with van der Waals surface area (Å²) >= 11 is 0. The normalized spacial score (nSPS) is 10.4. The molecule has 0 fully saturated rings. The molecule has 0 N–H and O–H groups in total. The zero-order valence-electron chi connectivity index (χ0n) is 8.81. The summed E-state index contributed by atoms with van der Waals surface area (Å²) < 4.78 is 0. The summed E-state index contributed by atoms with van der Waals surface area (Å²) in [5.41, 5.74) is 0. The van der Waals surface area contributed by atoms with Crippen LogP contribution in [-0.2, 0) is 0 Å². The van der Waals surface area contributed by atoms with Crippen molar-refractivity contribution in [2.45, 2.75) is 39.8 Å². The average Bonchev–Trinajstić information content (AvgIpc) is 2.03. The van der Waals surface area contributed by atoms with Crippen molar-refractivity contribution in [1.29, 1.82) is 0 Å². The van der Waals surface area contributed by atoms with Gasteiger partial charge in [0.2, 0.25) is 0 Å². The molecule has 0 aliphatic carbocycles. The lowest BCUT2D eigenvalue weighted by Gasteiger charge is -2.27. The van der Waals surface area contributed by atoms with Crippen LogP contribution in [0.1, 0.15) is 27.7 Å². The Morgan fingerprint density at radius 3 is 1.85 bits per heavy atom. The van der Waals surface area contributed by atoms with E-state index in [1.165, 1.54) is 4.90 Å². The maximum absolute atomic E-state index is 11.5. The number of urea groups is 1. The van der Waals surface area contributed by atoms with Crippen LogP contribution in [0.25, 0.3) is 0 Å². The van der Waals surface area contributed by atoms with Gasteiger partial charge < -0.3 is 4.90 Å². The molecule has 76 valence electrons.